The van der Waals surface area contributed by atoms with Gasteiger partial charge in [0, 0.05) is 12.1 Å². The van der Waals surface area contributed by atoms with Crippen molar-refractivity contribution in [2.24, 2.45) is 0 Å². The van der Waals surface area contributed by atoms with Crippen LogP contribution in [0.2, 0.25) is 0 Å². The van der Waals surface area contributed by atoms with Gasteiger partial charge in [0.1, 0.15) is 15.6 Å². The van der Waals surface area contributed by atoms with Gasteiger partial charge >= 0.3 is 11.9 Å². The minimum atomic E-state index is -0.616. The summed E-state index contributed by atoms with van der Waals surface area (Å²) in [5, 5.41) is 12.2. The molecule has 2 aromatic heterocycles. The molecule has 41 heavy (non-hydrogen) atoms. The molecule has 0 saturated heterocycles. The highest BCUT2D eigenvalue weighted by Gasteiger charge is 2.27. The van der Waals surface area contributed by atoms with Crippen molar-refractivity contribution in [1.29, 1.82) is 0 Å². The number of hydrogen-bond acceptors (Lipinski definition) is 10. The van der Waals surface area contributed by atoms with Crippen molar-refractivity contribution in [2.45, 2.75) is 64.3 Å². The lowest BCUT2D eigenvalue weighted by molar-refractivity contribution is -0.113. The summed E-state index contributed by atoms with van der Waals surface area (Å²) < 4.78 is 18.2. The van der Waals surface area contributed by atoms with Crippen LogP contribution in [0.3, 0.4) is 0 Å². The molecule has 12 heteroatoms. The fraction of sp³-hybridized carbons (Fsp3) is 0.414. The number of amides is 1. The Labute approximate surface area is 247 Å². The van der Waals surface area contributed by atoms with Gasteiger partial charge in [0.15, 0.2) is 11.0 Å². The van der Waals surface area contributed by atoms with Crippen molar-refractivity contribution in [3.05, 3.63) is 52.9 Å². The van der Waals surface area contributed by atoms with Gasteiger partial charge in [-0.2, -0.15) is 0 Å². The number of thioether (sulfide) groups is 1. The van der Waals surface area contributed by atoms with Crippen LogP contribution in [-0.4, -0.2) is 57.7 Å². The number of carbonyl (C=O) groups is 3. The number of ether oxygens (including phenoxy) is 3. The predicted octanol–water partition coefficient (Wildman–Crippen LogP) is 5.91. The number of anilines is 1. The maximum atomic E-state index is 13.0. The molecule has 10 nitrogen and oxygen atoms in total. The van der Waals surface area contributed by atoms with E-state index in [0.29, 0.717) is 23.1 Å². The number of nitrogens with one attached hydrogen (secondary N) is 1. The molecule has 0 aliphatic heterocycles. The van der Waals surface area contributed by atoms with E-state index in [1.165, 1.54) is 24.6 Å². The Kier molecular flexibility index (Phi) is 10.6. The number of carbonyl (C=O) groups excluding carboxylic acids is 3. The Balaban J connectivity index is 1.47. The zero-order valence-electron chi connectivity index (χ0n) is 23.4. The SMILES string of the molecule is C=CCn1c(SCC(=O)Nc2sc(C(=O)OCC)c(C)c2C(=O)OCC)nnc1-c1ccc(OC2CCCC2)cc1. The van der Waals surface area contributed by atoms with Crippen molar-refractivity contribution in [2.75, 3.05) is 24.3 Å². The lowest BCUT2D eigenvalue weighted by atomic mass is 10.1. The van der Waals surface area contributed by atoms with E-state index in [0.717, 1.165) is 35.5 Å². The lowest BCUT2D eigenvalue weighted by Crippen LogP contribution is -2.17. The van der Waals surface area contributed by atoms with Gasteiger partial charge in [-0.3, -0.25) is 9.36 Å². The Hall–Kier alpha value is -3.64. The third-order valence-electron chi connectivity index (χ3n) is 6.42. The Morgan fingerprint density at radius 2 is 1.78 bits per heavy atom. The highest BCUT2D eigenvalue weighted by Crippen LogP contribution is 2.35. The number of rotatable bonds is 13. The molecule has 4 rings (SSSR count). The van der Waals surface area contributed by atoms with E-state index in [2.05, 4.69) is 22.1 Å². The fourth-order valence-electron chi connectivity index (χ4n) is 4.52. The molecule has 1 aliphatic carbocycles. The lowest BCUT2D eigenvalue weighted by Gasteiger charge is -2.13. The van der Waals surface area contributed by atoms with Crippen molar-refractivity contribution >= 4 is 45.9 Å². The van der Waals surface area contributed by atoms with Crippen LogP contribution in [0.4, 0.5) is 5.00 Å². The van der Waals surface area contributed by atoms with Crippen LogP contribution in [-0.2, 0) is 20.8 Å². The van der Waals surface area contributed by atoms with Gasteiger partial charge in [0.25, 0.3) is 0 Å². The highest BCUT2D eigenvalue weighted by atomic mass is 32.2. The van der Waals surface area contributed by atoms with Gasteiger partial charge in [0.2, 0.25) is 5.91 Å². The summed E-state index contributed by atoms with van der Waals surface area (Å²) in [6.45, 7) is 9.66. The zero-order chi connectivity index (χ0) is 29.4. The molecule has 0 spiro atoms. The molecule has 1 amide bonds. The number of esters is 2. The third kappa shape index (κ3) is 7.36. The summed E-state index contributed by atoms with van der Waals surface area (Å²) in [5.74, 6) is -0.0671. The van der Waals surface area contributed by atoms with Crippen molar-refractivity contribution < 1.29 is 28.6 Å². The molecule has 3 aromatic rings. The van der Waals surface area contributed by atoms with Gasteiger partial charge < -0.3 is 19.5 Å². The van der Waals surface area contributed by atoms with E-state index in [-0.39, 0.29) is 46.4 Å². The van der Waals surface area contributed by atoms with E-state index in [4.69, 9.17) is 14.2 Å². The van der Waals surface area contributed by atoms with E-state index in [9.17, 15) is 14.4 Å². The molecule has 2 heterocycles. The molecule has 1 aromatic carbocycles. The van der Waals surface area contributed by atoms with Crippen LogP contribution in [0.5, 0.6) is 5.75 Å². The van der Waals surface area contributed by atoms with Crippen molar-refractivity contribution in [3.63, 3.8) is 0 Å². The minimum Gasteiger partial charge on any atom is -0.490 e. The van der Waals surface area contributed by atoms with Crippen LogP contribution in [0, 0.1) is 6.92 Å². The molecule has 0 unspecified atom stereocenters. The summed E-state index contributed by atoms with van der Waals surface area (Å²) in [5.41, 5.74) is 1.43. The number of allylic oxidation sites excluding steroid dienone is 1. The Morgan fingerprint density at radius 1 is 1.10 bits per heavy atom. The summed E-state index contributed by atoms with van der Waals surface area (Å²) in [6.07, 6.45) is 6.62. The molecule has 0 atom stereocenters. The van der Waals surface area contributed by atoms with Crippen LogP contribution in [0.15, 0.2) is 42.1 Å². The molecular weight excluding hydrogens is 564 g/mol. The second-order valence-electron chi connectivity index (χ2n) is 9.29. The minimum absolute atomic E-state index is 0.00258. The molecule has 0 radical (unpaired) electrons. The van der Waals surface area contributed by atoms with E-state index in [1.807, 2.05) is 28.8 Å². The smallest absolute Gasteiger partial charge is 0.348 e. The van der Waals surface area contributed by atoms with E-state index < -0.39 is 11.9 Å². The molecule has 0 bridgehead atoms. The number of thiophene rings is 1. The van der Waals surface area contributed by atoms with Crippen molar-refractivity contribution in [3.8, 4) is 17.1 Å². The Bertz CT molecular complexity index is 1390. The average molecular weight is 599 g/mol. The number of benzene rings is 1. The first-order chi connectivity index (χ1) is 19.9. The van der Waals surface area contributed by atoms with Crippen LogP contribution < -0.4 is 10.1 Å². The van der Waals surface area contributed by atoms with Gasteiger partial charge in [0.05, 0.1) is 30.6 Å². The predicted molar refractivity (Wildman–Crippen MR) is 159 cm³/mol. The zero-order valence-corrected chi connectivity index (χ0v) is 25.1. The quantitative estimate of drug-likeness (QED) is 0.145. The molecular formula is C29H34N4O6S2. The first-order valence-corrected chi connectivity index (χ1v) is 15.4. The van der Waals surface area contributed by atoms with Crippen LogP contribution in [0.1, 0.15) is 65.1 Å². The van der Waals surface area contributed by atoms with Crippen LogP contribution in [0.25, 0.3) is 11.4 Å². The Morgan fingerprint density at radius 3 is 2.44 bits per heavy atom. The largest absolute Gasteiger partial charge is 0.490 e. The number of hydrogen-bond donors (Lipinski definition) is 1. The molecule has 1 saturated carbocycles. The van der Waals surface area contributed by atoms with Gasteiger partial charge in [-0.05, 0) is 76.3 Å². The molecule has 1 fully saturated rings. The fourth-order valence-corrected chi connectivity index (χ4v) is 6.37. The standard InChI is InChI=1S/C29H34N4O6S2/c1-5-16-33-25(19-12-14-21(15-13-19)39-20-10-8-9-11-20)31-32-29(33)40-17-22(34)30-26-23(27(35)37-6-2)18(4)24(41-26)28(36)38-7-3/h5,12-15,20H,1,6-11,16-17H2,2-4H3,(H,30,34). The van der Waals surface area contributed by atoms with Gasteiger partial charge in [-0.25, -0.2) is 9.59 Å². The molecule has 1 aliphatic rings. The van der Waals surface area contributed by atoms with E-state index >= 15 is 0 Å². The maximum Gasteiger partial charge on any atom is 0.348 e. The van der Waals surface area contributed by atoms with Gasteiger partial charge in [-0.15, -0.1) is 28.1 Å². The average Bonchev–Trinajstić information content (AvgIpc) is 3.68. The van der Waals surface area contributed by atoms with Crippen molar-refractivity contribution in [1.82, 2.24) is 14.8 Å². The third-order valence-corrected chi connectivity index (χ3v) is 8.57. The van der Waals surface area contributed by atoms with E-state index in [1.54, 1.807) is 26.8 Å². The molecule has 218 valence electrons. The highest BCUT2D eigenvalue weighted by molar-refractivity contribution is 7.99. The second-order valence-corrected chi connectivity index (χ2v) is 11.3. The summed E-state index contributed by atoms with van der Waals surface area (Å²) in [6, 6.07) is 7.78. The summed E-state index contributed by atoms with van der Waals surface area (Å²) in [4.78, 5) is 38.3. The summed E-state index contributed by atoms with van der Waals surface area (Å²) in [7, 11) is 0. The topological polar surface area (TPSA) is 122 Å². The molecule has 1 N–H and O–H groups in total. The normalized spacial score (nSPS) is 13.1. The first-order valence-electron chi connectivity index (χ1n) is 13.6. The van der Waals surface area contributed by atoms with Crippen LogP contribution >= 0.6 is 23.1 Å². The van der Waals surface area contributed by atoms with Gasteiger partial charge in [-0.1, -0.05) is 17.8 Å². The second kappa shape index (κ2) is 14.3. The number of nitrogens with zero attached hydrogens (tertiary/aromatic N) is 3. The monoisotopic (exact) mass is 598 g/mol. The summed E-state index contributed by atoms with van der Waals surface area (Å²) >= 11 is 2.19. The number of aromatic nitrogens is 3. The first kappa shape index (κ1) is 30.3. The maximum absolute atomic E-state index is 13.0.